The Bertz CT molecular complexity index is 425. The van der Waals surface area contributed by atoms with Crippen LogP contribution in [0.2, 0.25) is 5.02 Å². The number of hydrogen-bond donors (Lipinski definition) is 1. The molecule has 0 spiro atoms. The first-order valence-electron chi connectivity index (χ1n) is 4.93. The fourth-order valence-electron chi connectivity index (χ4n) is 1.20. The van der Waals surface area contributed by atoms with Gasteiger partial charge in [-0.1, -0.05) is 11.6 Å². The Morgan fingerprint density at radius 1 is 1.65 bits per heavy atom. The average Bonchev–Trinajstić information content (AvgIpc) is 2.23. The van der Waals surface area contributed by atoms with Gasteiger partial charge in [-0.05, 0) is 35.3 Å². The monoisotopic (exact) mass is 324 g/mol. The van der Waals surface area contributed by atoms with E-state index in [2.05, 4.69) is 15.9 Å². The van der Waals surface area contributed by atoms with Gasteiger partial charge in [0.2, 0.25) is 0 Å². The number of carboxylic acids is 1. The van der Waals surface area contributed by atoms with Crippen molar-refractivity contribution in [2.75, 3.05) is 0 Å². The van der Waals surface area contributed by atoms with Crippen molar-refractivity contribution in [3.63, 3.8) is 0 Å². The van der Waals surface area contributed by atoms with Crippen LogP contribution in [0.25, 0.3) is 0 Å². The number of benzene rings is 1. The summed E-state index contributed by atoms with van der Waals surface area (Å²) in [7, 11) is 0. The lowest BCUT2D eigenvalue weighted by Crippen LogP contribution is -2.14. The predicted octanol–water partition coefficient (Wildman–Crippen LogP) is 3.87. The highest BCUT2D eigenvalue weighted by Gasteiger charge is 2.12. The number of aliphatic carboxylic acids is 1. The first kappa shape index (κ1) is 14.3. The summed E-state index contributed by atoms with van der Waals surface area (Å²) in [5.74, 6) is -1.15. The molecule has 17 heavy (non-hydrogen) atoms. The lowest BCUT2D eigenvalue weighted by atomic mass is 10.2. The van der Waals surface area contributed by atoms with Gasteiger partial charge < -0.3 is 9.84 Å². The highest BCUT2D eigenvalue weighted by molar-refractivity contribution is 9.10. The topological polar surface area (TPSA) is 46.5 Å². The van der Waals surface area contributed by atoms with Crippen LogP contribution in [0, 0.1) is 5.82 Å². The van der Waals surface area contributed by atoms with Crippen molar-refractivity contribution in [2.45, 2.75) is 25.9 Å². The van der Waals surface area contributed by atoms with Crippen LogP contribution >= 0.6 is 27.5 Å². The van der Waals surface area contributed by atoms with E-state index in [-0.39, 0.29) is 17.5 Å². The first-order valence-corrected chi connectivity index (χ1v) is 6.10. The summed E-state index contributed by atoms with van der Waals surface area (Å²) in [4.78, 5) is 10.4. The minimum Gasteiger partial charge on any atom is -0.489 e. The number of carboxylic acid groups (broad SMARTS) is 1. The second kappa shape index (κ2) is 6.21. The van der Waals surface area contributed by atoms with Crippen molar-refractivity contribution in [3.05, 3.63) is 27.4 Å². The van der Waals surface area contributed by atoms with Crippen molar-refractivity contribution < 1.29 is 19.0 Å². The number of ether oxygens (including phenoxy) is 1. The van der Waals surface area contributed by atoms with Crippen LogP contribution in [0.3, 0.4) is 0 Å². The van der Waals surface area contributed by atoms with Crippen molar-refractivity contribution in [2.24, 2.45) is 0 Å². The largest absolute Gasteiger partial charge is 0.489 e. The molecule has 3 nitrogen and oxygen atoms in total. The second-order valence-electron chi connectivity index (χ2n) is 3.56. The number of hydrogen-bond acceptors (Lipinski definition) is 2. The standard InChI is InChI=1S/C11H11BrClFO3/c1-6(2-3-11(15)16)17-10-5-9(14)8(13)4-7(10)12/h4-6H,2-3H2,1H3,(H,15,16). The Morgan fingerprint density at radius 3 is 2.88 bits per heavy atom. The molecule has 0 radical (unpaired) electrons. The van der Waals surface area contributed by atoms with E-state index in [1.807, 2.05) is 0 Å². The Labute approximate surface area is 112 Å². The average molecular weight is 326 g/mol. The smallest absolute Gasteiger partial charge is 0.303 e. The molecule has 1 aromatic carbocycles. The second-order valence-corrected chi connectivity index (χ2v) is 4.82. The highest BCUT2D eigenvalue weighted by atomic mass is 79.9. The van der Waals surface area contributed by atoms with Crippen LogP contribution in [-0.2, 0) is 4.79 Å². The van der Waals surface area contributed by atoms with Crippen LogP contribution in [0.15, 0.2) is 16.6 Å². The van der Waals surface area contributed by atoms with Gasteiger partial charge in [-0.2, -0.15) is 0 Å². The fourth-order valence-corrected chi connectivity index (χ4v) is 1.93. The fraction of sp³-hybridized carbons (Fsp3) is 0.364. The zero-order valence-electron chi connectivity index (χ0n) is 9.04. The molecule has 0 saturated carbocycles. The molecule has 0 aliphatic carbocycles. The predicted molar refractivity (Wildman–Crippen MR) is 66.1 cm³/mol. The molecule has 1 rings (SSSR count). The number of carbonyl (C=O) groups is 1. The summed E-state index contributed by atoms with van der Waals surface area (Å²) in [5, 5.41) is 8.52. The summed E-state index contributed by atoms with van der Waals surface area (Å²) in [6.07, 6.45) is 0.0453. The molecule has 0 aliphatic heterocycles. The van der Waals surface area contributed by atoms with E-state index in [9.17, 15) is 9.18 Å². The van der Waals surface area contributed by atoms with E-state index in [1.165, 1.54) is 12.1 Å². The highest BCUT2D eigenvalue weighted by Crippen LogP contribution is 2.31. The normalized spacial score (nSPS) is 12.2. The maximum atomic E-state index is 13.2. The number of halogens is 3. The lowest BCUT2D eigenvalue weighted by molar-refractivity contribution is -0.137. The third kappa shape index (κ3) is 4.52. The molecular formula is C11H11BrClFO3. The van der Waals surface area contributed by atoms with E-state index in [1.54, 1.807) is 6.92 Å². The minimum absolute atomic E-state index is 0.00224. The maximum absolute atomic E-state index is 13.2. The van der Waals surface area contributed by atoms with Crippen LogP contribution in [0.5, 0.6) is 5.75 Å². The molecule has 0 bridgehead atoms. The van der Waals surface area contributed by atoms with Crippen molar-refractivity contribution in [1.82, 2.24) is 0 Å². The van der Waals surface area contributed by atoms with Gasteiger partial charge in [0, 0.05) is 12.5 Å². The van der Waals surface area contributed by atoms with Gasteiger partial charge in [-0.25, -0.2) is 4.39 Å². The van der Waals surface area contributed by atoms with E-state index >= 15 is 0 Å². The Balaban J connectivity index is 2.68. The summed E-state index contributed by atoms with van der Waals surface area (Å²) < 4.78 is 19.2. The molecule has 1 aromatic rings. The van der Waals surface area contributed by atoms with E-state index in [0.29, 0.717) is 16.6 Å². The quantitative estimate of drug-likeness (QED) is 0.836. The molecule has 6 heteroatoms. The third-order valence-electron chi connectivity index (χ3n) is 2.07. The molecule has 1 unspecified atom stereocenters. The summed E-state index contributed by atoms with van der Waals surface area (Å²) in [5.41, 5.74) is 0. The molecule has 1 atom stereocenters. The van der Waals surface area contributed by atoms with Crippen molar-refractivity contribution >= 4 is 33.5 Å². The molecule has 0 amide bonds. The summed E-state index contributed by atoms with van der Waals surface area (Å²) in [6.45, 7) is 1.72. The zero-order valence-corrected chi connectivity index (χ0v) is 11.4. The van der Waals surface area contributed by atoms with Gasteiger partial charge in [-0.15, -0.1) is 0 Å². The SMILES string of the molecule is CC(CCC(=O)O)Oc1cc(F)c(Cl)cc1Br. The van der Waals surface area contributed by atoms with Gasteiger partial charge >= 0.3 is 5.97 Å². The van der Waals surface area contributed by atoms with Gasteiger partial charge in [-0.3, -0.25) is 4.79 Å². The molecule has 94 valence electrons. The molecule has 1 N–H and O–H groups in total. The van der Waals surface area contributed by atoms with Gasteiger partial charge in [0.25, 0.3) is 0 Å². The van der Waals surface area contributed by atoms with E-state index in [4.69, 9.17) is 21.4 Å². The molecule has 0 fully saturated rings. The van der Waals surface area contributed by atoms with E-state index < -0.39 is 11.8 Å². The first-order chi connectivity index (χ1) is 7.90. The van der Waals surface area contributed by atoms with E-state index in [0.717, 1.165) is 0 Å². The minimum atomic E-state index is -0.887. The van der Waals surface area contributed by atoms with Crippen molar-refractivity contribution in [3.8, 4) is 5.75 Å². The molecule has 0 aliphatic rings. The Morgan fingerprint density at radius 2 is 2.29 bits per heavy atom. The molecule has 0 heterocycles. The van der Waals surface area contributed by atoms with Crippen LogP contribution in [-0.4, -0.2) is 17.2 Å². The Hall–Kier alpha value is -0.810. The molecule has 0 aromatic heterocycles. The van der Waals surface area contributed by atoms with Gasteiger partial charge in [0.15, 0.2) is 0 Å². The van der Waals surface area contributed by atoms with Crippen LogP contribution in [0.1, 0.15) is 19.8 Å². The maximum Gasteiger partial charge on any atom is 0.303 e. The third-order valence-corrected chi connectivity index (χ3v) is 2.98. The lowest BCUT2D eigenvalue weighted by Gasteiger charge is -2.15. The Kier molecular flexibility index (Phi) is 5.21. The summed E-state index contributed by atoms with van der Waals surface area (Å²) >= 11 is 8.78. The molecule has 0 saturated heterocycles. The van der Waals surface area contributed by atoms with Gasteiger partial charge in [0.05, 0.1) is 15.6 Å². The summed E-state index contributed by atoms with van der Waals surface area (Å²) in [6, 6.07) is 2.57. The van der Waals surface area contributed by atoms with Crippen LogP contribution in [0.4, 0.5) is 4.39 Å². The molecular weight excluding hydrogens is 314 g/mol. The van der Waals surface area contributed by atoms with Crippen LogP contribution < -0.4 is 4.74 Å². The number of rotatable bonds is 5. The zero-order chi connectivity index (χ0) is 13.0. The van der Waals surface area contributed by atoms with Gasteiger partial charge in [0.1, 0.15) is 11.6 Å². The van der Waals surface area contributed by atoms with Crippen molar-refractivity contribution in [1.29, 1.82) is 0 Å².